The predicted octanol–water partition coefficient (Wildman–Crippen LogP) is -2.82. The third-order valence-corrected chi connectivity index (χ3v) is 7.87. The van der Waals surface area contributed by atoms with Crippen LogP contribution in [0.5, 0.6) is 0 Å². The topological polar surface area (TPSA) is 264 Å². The van der Waals surface area contributed by atoms with Crippen molar-refractivity contribution in [1.29, 1.82) is 0 Å². The Morgan fingerprint density at radius 3 is 2.21 bits per heavy atom. The zero-order chi connectivity index (χ0) is 25.8. The summed E-state index contributed by atoms with van der Waals surface area (Å²) in [6.07, 6.45) is -4.34. The second-order valence-corrected chi connectivity index (χ2v) is 11.1. The fourth-order valence-electron chi connectivity index (χ4n) is 2.66. The Bertz CT molecular complexity index is 1180. The largest absolute Gasteiger partial charge is 0.490 e. The van der Waals surface area contributed by atoms with E-state index in [1.54, 1.807) is 4.98 Å². The van der Waals surface area contributed by atoms with Crippen LogP contribution in [0.25, 0.3) is 0 Å². The molecule has 7 N–H and O–H groups in total. The maximum atomic E-state index is 15.6. The lowest BCUT2D eigenvalue weighted by molar-refractivity contribution is -0.228. The quantitative estimate of drug-likeness (QED) is 0.131. The van der Waals surface area contributed by atoms with E-state index in [2.05, 4.69) is 13.1 Å². The van der Waals surface area contributed by atoms with Gasteiger partial charge in [-0.05, 0) is 6.92 Å². The van der Waals surface area contributed by atoms with E-state index in [9.17, 15) is 38.4 Å². The summed E-state index contributed by atoms with van der Waals surface area (Å²) in [6, 6.07) is 0.746. The van der Waals surface area contributed by atoms with Crippen LogP contribution in [0, 0.1) is 0 Å². The molecule has 4 radical (unpaired) electrons. The van der Waals surface area contributed by atoms with E-state index in [1.807, 2.05) is 0 Å². The minimum Gasteiger partial charge on any atom is -0.384 e. The Morgan fingerprint density at radius 1 is 1.18 bits per heavy atom. The van der Waals surface area contributed by atoms with Gasteiger partial charge in [0.1, 0.15) is 27.4 Å². The molecule has 182 valence electrons. The van der Waals surface area contributed by atoms with Crippen molar-refractivity contribution in [2.24, 2.45) is 0 Å². The van der Waals surface area contributed by atoms with Crippen LogP contribution in [0.1, 0.15) is 13.2 Å². The number of H-pyrrole nitrogens is 1. The SMILES string of the molecule is [B]C([B])(OP(=O)(O)OP(=O)(O)OP(=O)(O)O)[C@@]1(F)O[C@@H](n2ccc(=O)[nH]c2=O)[C@](C)(O)[C@@H]1O. The van der Waals surface area contributed by atoms with Crippen LogP contribution >= 0.6 is 23.5 Å². The highest BCUT2D eigenvalue weighted by Gasteiger charge is 2.69. The van der Waals surface area contributed by atoms with Crippen LogP contribution in [-0.2, 0) is 31.6 Å². The van der Waals surface area contributed by atoms with Crippen LogP contribution in [0.4, 0.5) is 4.39 Å². The zero-order valence-electron chi connectivity index (χ0n) is 16.0. The molecule has 6 atom stereocenters. The van der Waals surface area contributed by atoms with Crippen molar-refractivity contribution < 1.29 is 65.8 Å². The van der Waals surface area contributed by atoms with E-state index < -0.39 is 63.9 Å². The number of aromatic nitrogens is 2. The summed E-state index contributed by atoms with van der Waals surface area (Å²) in [7, 11) is -7.43. The summed E-state index contributed by atoms with van der Waals surface area (Å²) in [5.74, 6) is -4.08. The van der Waals surface area contributed by atoms with Gasteiger partial charge in [0.15, 0.2) is 6.23 Å². The molecule has 1 saturated heterocycles. The van der Waals surface area contributed by atoms with Gasteiger partial charge in [0, 0.05) is 12.3 Å². The maximum Gasteiger partial charge on any atom is 0.490 e. The molecule has 0 saturated carbocycles. The zero-order valence-corrected chi connectivity index (χ0v) is 18.7. The number of phosphoric acid groups is 3. The van der Waals surface area contributed by atoms with Crippen LogP contribution in [0.15, 0.2) is 21.9 Å². The molecule has 0 amide bonds. The molecule has 17 nitrogen and oxygen atoms in total. The van der Waals surface area contributed by atoms with E-state index in [4.69, 9.17) is 35.1 Å². The van der Waals surface area contributed by atoms with Gasteiger partial charge >= 0.3 is 29.2 Å². The van der Waals surface area contributed by atoms with Gasteiger partial charge in [0.2, 0.25) is 0 Å². The number of nitrogens with one attached hydrogen (secondary N) is 1. The summed E-state index contributed by atoms with van der Waals surface area (Å²) >= 11 is 0. The number of aliphatic hydroxyl groups is 2. The number of phosphoric ester groups is 1. The van der Waals surface area contributed by atoms with Crippen molar-refractivity contribution in [3.05, 3.63) is 33.1 Å². The highest BCUT2D eigenvalue weighted by molar-refractivity contribution is 7.66. The Hall–Kier alpha value is -0.970. The average molecular weight is 536 g/mol. The normalized spacial score (nSPS) is 32.2. The van der Waals surface area contributed by atoms with E-state index in [0.29, 0.717) is 11.5 Å². The minimum atomic E-state index is -6.15. The Kier molecular flexibility index (Phi) is 7.37. The maximum absolute atomic E-state index is 15.6. The highest BCUT2D eigenvalue weighted by Crippen LogP contribution is 2.67. The van der Waals surface area contributed by atoms with Crippen molar-refractivity contribution in [3.8, 4) is 0 Å². The molecule has 0 spiro atoms. The van der Waals surface area contributed by atoms with Gasteiger partial charge < -0.3 is 34.5 Å². The first-order valence-corrected chi connectivity index (χ1v) is 12.6. The van der Waals surface area contributed by atoms with Crippen LogP contribution in [-0.4, -0.2) is 78.0 Å². The first-order chi connectivity index (χ1) is 14.5. The molecular formula is C10H14B2FN2O15P3. The van der Waals surface area contributed by atoms with Gasteiger partial charge in [-0.25, -0.2) is 22.9 Å². The van der Waals surface area contributed by atoms with Gasteiger partial charge in [0.05, 0.1) is 5.40 Å². The van der Waals surface area contributed by atoms with E-state index in [1.165, 1.54) is 0 Å². The van der Waals surface area contributed by atoms with Crippen molar-refractivity contribution >= 4 is 39.2 Å². The minimum absolute atomic E-state index is 0.382. The van der Waals surface area contributed by atoms with Crippen LogP contribution in [0.3, 0.4) is 0 Å². The summed E-state index contributed by atoms with van der Waals surface area (Å²) < 4.78 is 65.6. The van der Waals surface area contributed by atoms with Crippen molar-refractivity contribution in [2.45, 2.75) is 36.1 Å². The van der Waals surface area contributed by atoms with E-state index in [0.717, 1.165) is 12.3 Å². The van der Waals surface area contributed by atoms with Crippen molar-refractivity contribution in [2.75, 3.05) is 0 Å². The lowest BCUT2D eigenvalue weighted by Crippen LogP contribution is -2.62. The van der Waals surface area contributed by atoms with Gasteiger partial charge in [-0.1, -0.05) is 0 Å². The fraction of sp³-hybridized carbons (Fsp3) is 0.600. The molecule has 33 heavy (non-hydrogen) atoms. The lowest BCUT2D eigenvalue weighted by atomic mass is 9.59. The summed E-state index contributed by atoms with van der Waals surface area (Å²) in [6.45, 7) is 0.710. The Labute approximate surface area is 184 Å². The number of aromatic amines is 1. The number of halogens is 1. The first-order valence-electron chi connectivity index (χ1n) is 8.04. The molecule has 23 heteroatoms. The first kappa shape index (κ1) is 28.3. The molecule has 2 unspecified atom stereocenters. The van der Waals surface area contributed by atoms with E-state index >= 15 is 4.39 Å². The number of alkyl halides is 1. The predicted molar refractivity (Wildman–Crippen MR) is 101 cm³/mol. The van der Waals surface area contributed by atoms with Gasteiger partial charge in [-0.3, -0.25) is 18.9 Å². The number of rotatable bonds is 8. The molecule has 0 aromatic carbocycles. The van der Waals surface area contributed by atoms with Gasteiger partial charge in [-0.15, -0.1) is 0 Å². The lowest BCUT2D eigenvalue weighted by Gasteiger charge is -2.40. The molecule has 2 rings (SSSR count). The highest BCUT2D eigenvalue weighted by atomic mass is 31.3. The standard InChI is InChI=1S/C10H14B2FN2O15P3/c1-8(19)5(17)9(13,27-6(8)15-3-2-4(16)14-7(15)18)10(11,12)28-32(23,24)30-33(25,26)29-31(20,21)22/h2-3,5-6,17,19H,1H3,(H,23,24)(H,25,26)(H,14,16,18)(H2,20,21,22)/t5-,6+,8+,9-/m0/s1. The summed E-state index contributed by atoms with van der Waals surface area (Å²) in [5.41, 5.74) is -4.96. The van der Waals surface area contributed by atoms with E-state index in [-0.39, 0.29) is 0 Å². The number of nitrogens with zero attached hydrogens (tertiary/aromatic N) is 1. The molecule has 0 aliphatic carbocycles. The number of hydrogen-bond donors (Lipinski definition) is 7. The fourth-order valence-corrected chi connectivity index (χ4v) is 5.81. The average Bonchev–Trinajstić information content (AvgIpc) is 2.72. The molecule has 0 bridgehead atoms. The smallest absolute Gasteiger partial charge is 0.384 e. The monoisotopic (exact) mass is 536 g/mol. The van der Waals surface area contributed by atoms with Crippen LogP contribution < -0.4 is 11.2 Å². The van der Waals surface area contributed by atoms with Crippen LogP contribution in [0.2, 0.25) is 0 Å². The number of ether oxygens (including phenoxy) is 1. The second-order valence-electron chi connectivity index (χ2n) is 6.74. The number of aliphatic hydroxyl groups excluding tert-OH is 1. The molecule has 1 aromatic rings. The molecule has 1 fully saturated rings. The molecule has 1 aromatic heterocycles. The van der Waals surface area contributed by atoms with Gasteiger partial charge in [0.25, 0.3) is 11.4 Å². The molecule has 1 aliphatic heterocycles. The van der Waals surface area contributed by atoms with Crippen molar-refractivity contribution in [3.63, 3.8) is 0 Å². The second kappa shape index (κ2) is 8.60. The molecule has 1 aliphatic rings. The number of hydrogen-bond acceptors (Lipinski definition) is 11. The summed E-state index contributed by atoms with van der Waals surface area (Å²) in [4.78, 5) is 60.6. The van der Waals surface area contributed by atoms with Crippen molar-refractivity contribution in [1.82, 2.24) is 9.55 Å². The molecule has 2 heterocycles. The Balaban J connectivity index is 2.40. The third-order valence-electron chi connectivity index (χ3n) is 4.01. The van der Waals surface area contributed by atoms with Gasteiger partial charge in [-0.2, -0.15) is 8.62 Å². The summed E-state index contributed by atoms with van der Waals surface area (Å²) in [5, 5.41) is 16.9. The third kappa shape index (κ3) is 6.00. The molecular weight excluding hydrogens is 522 g/mol. The Morgan fingerprint density at radius 2 is 1.73 bits per heavy atom.